The van der Waals surface area contributed by atoms with Gasteiger partial charge in [0, 0.05) is 8.27 Å². The van der Waals surface area contributed by atoms with Crippen LogP contribution in [0.3, 0.4) is 0 Å². The standard InChI is InChI=1S/C9H8BIO2S/c1-5-7(10(12)13)4-6-2-3-14-9(6)8(5)11/h2-4,12-13H,1H3. The Morgan fingerprint density at radius 3 is 2.79 bits per heavy atom. The molecule has 5 heteroatoms. The lowest BCUT2D eigenvalue weighted by atomic mass is 9.77. The van der Waals surface area contributed by atoms with Crippen LogP contribution in [-0.4, -0.2) is 17.2 Å². The smallest absolute Gasteiger partial charge is 0.423 e. The Morgan fingerprint density at radius 1 is 1.43 bits per heavy atom. The van der Waals surface area contributed by atoms with Crippen molar-refractivity contribution in [2.24, 2.45) is 0 Å². The van der Waals surface area contributed by atoms with Crippen LogP contribution in [0.25, 0.3) is 10.1 Å². The Kier molecular flexibility index (Phi) is 2.83. The maximum atomic E-state index is 9.18. The highest BCUT2D eigenvalue weighted by Gasteiger charge is 2.17. The van der Waals surface area contributed by atoms with E-state index >= 15 is 0 Å². The zero-order valence-electron chi connectivity index (χ0n) is 7.49. The normalized spacial score (nSPS) is 10.9. The molecule has 0 saturated carbocycles. The van der Waals surface area contributed by atoms with Crippen molar-refractivity contribution >= 4 is 56.6 Å². The molecule has 14 heavy (non-hydrogen) atoms. The molecule has 2 N–H and O–H groups in total. The first-order valence-corrected chi connectivity index (χ1v) is 6.09. The molecule has 2 aromatic rings. The molecule has 0 saturated heterocycles. The molecule has 0 aliphatic heterocycles. The van der Waals surface area contributed by atoms with Crippen LogP contribution in [0.15, 0.2) is 17.5 Å². The first-order valence-electron chi connectivity index (χ1n) is 4.13. The topological polar surface area (TPSA) is 40.5 Å². The van der Waals surface area contributed by atoms with E-state index in [1.54, 1.807) is 11.3 Å². The lowest BCUT2D eigenvalue weighted by Crippen LogP contribution is -2.32. The predicted molar refractivity (Wildman–Crippen MR) is 69.1 cm³/mol. The van der Waals surface area contributed by atoms with Crippen LogP contribution in [0.5, 0.6) is 0 Å². The molecule has 0 fully saturated rings. The van der Waals surface area contributed by atoms with Gasteiger partial charge in [0.05, 0.1) is 0 Å². The first-order chi connectivity index (χ1) is 6.61. The third-order valence-corrected chi connectivity index (χ3v) is 4.91. The molecule has 0 bridgehead atoms. The van der Waals surface area contributed by atoms with Crippen LogP contribution in [0.1, 0.15) is 5.56 Å². The molecule has 0 unspecified atom stereocenters. The summed E-state index contributed by atoms with van der Waals surface area (Å²) in [5.41, 5.74) is 1.55. The molecule has 0 aliphatic rings. The Morgan fingerprint density at radius 2 is 2.14 bits per heavy atom. The summed E-state index contributed by atoms with van der Waals surface area (Å²) in [4.78, 5) is 0. The number of halogens is 1. The summed E-state index contributed by atoms with van der Waals surface area (Å²) in [5.74, 6) is 0. The monoisotopic (exact) mass is 318 g/mol. The summed E-state index contributed by atoms with van der Waals surface area (Å²) >= 11 is 3.92. The molecule has 0 radical (unpaired) electrons. The van der Waals surface area contributed by atoms with Crippen LogP contribution < -0.4 is 5.46 Å². The van der Waals surface area contributed by atoms with Crippen LogP contribution in [0.4, 0.5) is 0 Å². The summed E-state index contributed by atoms with van der Waals surface area (Å²) in [5, 5.41) is 21.5. The minimum Gasteiger partial charge on any atom is -0.423 e. The molecular formula is C9H8BIO2S. The van der Waals surface area contributed by atoms with Crippen LogP contribution in [-0.2, 0) is 0 Å². The molecule has 0 atom stereocenters. The second-order valence-electron chi connectivity index (χ2n) is 3.12. The highest BCUT2D eigenvalue weighted by Crippen LogP contribution is 2.27. The van der Waals surface area contributed by atoms with Gasteiger partial charge in [-0.05, 0) is 57.4 Å². The fourth-order valence-corrected chi connectivity index (χ4v) is 3.33. The van der Waals surface area contributed by atoms with Crippen molar-refractivity contribution in [2.75, 3.05) is 0 Å². The Labute approximate surface area is 99.9 Å². The third-order valence-electron chi connectivity index (χ3n) is 2.25. The zero-order chi connectivity index (χ0) is 10.3. The molecule has 0 amide bonds. The maximum Gasteiger partial charge on any atom is 0.488 e. The summed E-state index contributed by atoms with van der Waals surface area (Å²) in [7, 11) is -1.38. The fraction of sp³-hybridized carbons (Fsp3) is 0.111. The molecule has 1 aromatic carbocycles. The van der Waals surface area contributed by atoms with E-state index < -0.39 is 7.12 Å². The maximum absolute atomic E-state index is 9.18. The molecule has 1 aromatic heterocycles. The highest BCUT2D eigenvalue weighted by atomic mass is 127. The van der Waals surface area contributed by atoms with Gasteiger partial charge in [-0.15, -0.1) is 11.3 Å². The Balaban J connectivity index is 2.80. The number of rotatable bonds is 1. The van der Waals surface area contributed by atoms with E-state index in [0.29, 0.717) is 5.46 Å². The van der Waals surface area contributed by atoms with Gasteiger partial charge in [0.25, 0.3) is 0 Å². The zero-order valence-corrected chi connectivity index (χ0v) is 10.5. The minimum atomic E-state index is -1.38. The van der Waals surface area contributed by atoms with Crippen LogP contribution >= 0.6 is 33.9 Å². The van der Waals surface area contributed by atoms with E-state index in [1.165, 1.54) is 4.70 Å². The number of hydrogen-bond acceptors (Lipinski definition) is 3. The van der Waals surface area contributed by atoms with E-state index in [2.05, 4.69) is 22.6 Å². The van der Waals surface area contributed by atoms with Crippen molar-refractivity contribution < 1.29 is 10.0 Å². The second kappa shape index (κ2) is 3.81. The fourth-order valence-electron chi connectivity index (χ4n) is 1.45. The Hall–Kier alpha value is -0.105. The average molecular weight is 318 g/mol. The largest absolute Gasteiger partial charge is 0.488 e. The SMILES string of the molecule is Cc1c(B(O)O)cc2ccsc2c1I. The van der Waals surface area contributed by atoms with Gasteiger partial charge >= 0.3 is 7.12 Å². The van der Waals surface area contributed by atoms with E-state index in [9.17, 15) is 10.0 Å². The van der Waals surface area contributed by atoms with Crippen molar-refractivity contribution in [3.8, 4) is 0 Å². The quantitative estimate of drug-likeness (QED) is 0.618. The molecule has 0 spiro atoms. The molecule has 2 nitrogen and oxygen atoms in total. The van der Waals surface area contributed by atoms with Gasteiger partial charge < -0.3 is 10.0 Å². The van der Waals surface area contributed by atoms with Crippen LogP contribution in [0, 0.1) is 10.5 Å². The lowest BCUT2D eigenvalue weighted by molar-refractivity contribution is 0.425. The summed E-state index contributed by atoms with van der Waals surface area (Å²) in [6.07, 6.45) is 0. The van der Waals surface area contributed by atoms with Gasteiger partial charge in [0.15, 0.2) is 0 Å². The second-order valence-corrected chi connectivity index (χ2v) is 5.11. The van der Waals surface area contributed by atoms with Crippen molar-refractivity contribution in [1.82, 2.24) is 0 Å². The summed E-state index contributed by atoms with van der Waals surface area (Å²) in [6, 6.07) is 3.83. The van der Waals surface area contributed by atoms with Gasteiger partial charge in [-0.3, -0.25) is 0 Å². The number of fused-ring (bicyclic) bond motifs is 1. The van der Waals surface area contributed by atoms with E-state index in [4.69, 9.17) is 0 Å². The number of benzene rings is 1. The van der Waals surface area contributed by atoms with E-state index in [-0.39, 0.29) is 0 Å². The van der Waals surface area contributed by atoms with E-state index in [1.807, 2.05) is 24.4 Å². The minimum absolute atomic E-state index is 0.598. The Bertz CT molecular complexity index is 481. The van der Waals surface area contributed by atoms with Gasteiger partial charge in [0.2, 0.25) is 0 Å². The number of hydrogen-bond donors (Lipinski definition) is 2. The molecule has 72 valence electrons. The molecule has 0 aliphatic carbocycles. The number of thiophene rings is 1. The van der Waals surface area contributed by atoms with Crippen molar-refractivity contribution in [3.05, 3.63) is 26.6 Å². The molecule has 1 heterocycles. The molecular weight excluding hydrogens is 310 g/mol. The van der Waals surface area contributed by atoms with Crippen molar-refractivity contribution in [2.45, 2.75) is 6.92 Å². The van der Waals surface area contributed by atoms with Crippen molar-refractivity contribution in [3.63, 3.8) is 0 Å². The first kappa shape index (κ1) is 10.4. The van der Waals surface area contributed by atoms with Gasteiger partial charge in [-0.1, -0.05) is 6.07 Å². The third kappa shape index (κ3) is 1.58. The summed E-state index contributed by atoms with van der Waals surface area (Å²) < 4.78 is 2.32. The van der Waals surface area contributed by atoms with Gasteiger partial charge in [-0.25, -0.2) is 0 Å². The predicted octanol–water partition coefficient (Wildman–Crippen LogP) is 1.49. The lowest BCUT2D eigenvalue weighted by Gasteiger charge is -2.07. The van der Waals surface area contributed by atoms with Gasteiger partial charge in [0.1, 0.15) is 0 Å². The van der Waals surface area contributed by atoms with Crippen molar-refractivity contribution in [1.29, 1.82) is 0 Å². The molecule has 2 rings (SSSR count). The highest BCUT2D eigenvalue weighted by molar-refractivity contribution is 14.1. The average Bonchev–Trinajstić information content (AvgIpc) is 2.58. The summed E-state index contributed by atoms with van der Waals surface area (Å²) in [6.45, 7) is 1.91. The van der Waals surface area contributed by atoms with E-state index in [0.717, 1.165) is 14.5 Å². The van der Waals surface area contributed by atoms with Gasteiger partial charge in [-0.2, -0.15) is 0 Å². The van der Waals surface area contributed by atoms with Crippen LogP contribution in [0.2, 0.25) is 0 Å².